The van der Waals surface area contributed by atoms with E-state index in [1.165, 1.54) is 0 Å². The molecule has 13 heavy (non-hydrogen) atoms. The molecule has 3 nitrogen and oxygen atoms in total. The van der Waals surface area contributed by atoms with Gasteiger partial charge in [0.1, 0.15) is 5.82 Å². The van der Waals surface area contributed by atoms with E-state index in [0.29, 0.717) is 6.10 Å². The summed E-state index contributed by atoms with van der Waals surface area (Å²) in [5.74, 6) is 1.03. The average molecular weight is 177 g/mol. The number of hydrogen-bond donors (Lipinski definition) is 0. The van der Waals surface area contributed by atoms with Crippen molar-refractivity contribution >= 4 is 5.82 Å². The van der Waals surface area contributed by atoms with Crippen molar-refractivity contribution in [2.45, 2.75) is 12.5 Å². The second kappa shape index (κ2) is 3.75. The van der Waals surface area contributed by atoms with Crippen LogP contribution in [0.1, 0.15) is 6.42 Å². The van der Waals surface area contributed by atoms with Crippen LogP contribution in [-0.2, 0) is 4.74 Å². The van der Waals surface area contributed by atoms with Gasteiger partial charge in [0.2, 0.25) is 0 Å². The highest BCUT2D eigenvalue weighted by atomic mass is 16.5. The summed E-state index contributed by atoms with van der Waals surface area (Å²) in [5.41, 5.74) is 0. The van der Waals surface area contributed by atoms with Crippen molar-refractivity contribution in [3.05, 3.63) is 24.4 Å². The Morgan fingerprint density at radius 1 is 1.69 bits per heavy atom. The third-order valence-corrected chi connectivity index (χ3v) is 2.40. The zero-order valence-electron chi connectivity index (χ0n) is 7.73. The van der Waals surface area contributed by atoms with E-state index in [1.807, 2.05) is 12.1 Å². The molecule has 1 aliphatic heterocycles. The van der Waals surface area contributed by atoms with Crippen LogP contribution in [0.3, 0.4) is 0 Å². The second-order valence-corrected chi connectivity index (χ2v) is 3.21. The Hall–Kier alpha value is -1.09. The second-order valence-electron chi connectivity index (χ2n) is 3.21. The lowest BCUT2D eigenvalue weighted by atomic mass is 10.3. The van der Waals surface area contributed by atoms with Crippen LogP contribution in [0.2, 0.25) is 0 Å². The first-order chi connectivity index (χ1) is 6.40. The molecule has 1 aliphatic rings. The van der Waals surface area contributed by atoms with Crippen molar-refractivity contribution in [1.82, 2.24) is 4.98 Å². The number of ether oxygens (including phenoxy) is 1. The molecule has 0 saturated carbocycles. The molecule has 1 atom stereocenters. The van der Waals surface area contributed by atoms with Gasteiger partial charge < -0.3 is 9.64 Å². The summed E-state index contributed by atoms with van der Waals surface area (Å²) >= 11 is 0. The van der Waals surface area contributed by atoms with Gasteiger partial charge in [0.25, 0.3) is 0 Å². The van der Waals surface area contributed by atoms with Crippen LogP contribution in [0.5, 0.6) is 0 Å². The van der Waals surface area contributed by atoms with Gasteiger partial charge in [0.15, 0.2) is 0 Å². The SMILES string of the molecule is COC1CCN(c2cc[c]cn2)C1. The summed E-state index contributed by atoms with van der Waals surface area (Å²) in [6.45, 7) is 1.99. The molecule has 69 valence electrons. The lowest BCUT2D eigenvalue weighted by Gasteiger charge is -2.16. The van der Waals surface area contributed by atoms with Gasteiger partial charge in [0, 0.05) is 32.5 Å². The van der Waals surface area contributed by atoms with Gasteiger partial charge in [-0.15, -0.1) is 0 Å². The molecular weight excluding hydrogens is 164 g/mol. The largest absolute Gasteiger partial charge is 0.380 e. The van der Waals surface area contributed by atoms with Crippen LogP contribution >= 0.6 is 0 Å². The zero-order chi connectivity index (χ0) is 9.10. The number of nitrogens with zero attached hydrogens (tertiary/aromatic N) is 2. The first-order valence-electron chi connectivity index (χ1n) is 4.50. The lowest BCUT2D eigenvalue weighted by molar-refractivity contribution is 0.121. The minimum absolute atomic E-state index is 0.367. The summed E-state index contributed by atoms with van der Waals surface area (Å²) in [7, 11) is 1.76. The normalized spacial score (nSPS) is 22.2. The molecule has 1 radical (unpaired) electrons. The van der Waals surface area contributed by atoms with Crippen molar-refractivity contribution < 1.29 is 4.74 Å². The van der Waals surface area contributed by atoms with E-state index in [9.17, 15) is 0 Å². The van der Waals surface area contributed by atoms with Gasteiger partial charge in [-0.1, -0.05) is 0 Å². The highest BCUT2D eigenvalue weighted by Gasteiger charge is 2.22. The Bertz CT molecular complexity index is 263. The van der Waals surface area contributed by atoms with E-state index in [2.05, 4.69) is 16.0 Å². The topological polar surface area (TPSA) is 25.4 Å². The summed E-state index contributed by atoms with van der Waals surface area (Å²) in [4.78, 5) is 6.48. The molecular formula is C10H13N2O. The van der Waals surface area contributed by atoms with Crippen LogP contribution in [0.25, 0.3) is 0 Å². The Labute approximate surface area is 78.3 Å². The van der Waals surface area contributed by atoms with E-state index in [0.717, 1.165) is 25.3 Å². The maximum Gasteiger partial charge on any atom is 0.128 e. The molecule has 1 aromatic heterocycles. The van der Waals surface area contributed by atoms with E-state index in [-0.39, 0.29) is 0 Å². The molecule has 0 N–H and O–H groups in total. The smallest absolute Gasteiger partial charge is 0.128 e. The fourth-order valence-electron chi connectivity index (χ4n) is 1.63. The molecule has 2 rings (SSSR count). The first kappa shape index (κ1) is 8.51. The molecule has 1 aromatic rings. The molecule has 0 amide bonds. The molecule has 0 aromatic carbocycles. The Kier molecular flexibility index (Phi) is 2.45. The van der Waals surface area contributed by atoms with Crippen molar-refractivity contribution in [1.29, 1.82) is 0 Å². The number of hydrogen-bond acceptors (Lipinski definition) is 3. The third-order valence-electron chi connectivity index (χ3n) is 2.40. The predicted molar refractivity (Wildman–Crippen MR) is 50.7 cm³/mol. The van der Waals surface area contributed by atoms with Crippen LogP contribution in [0.4, 0.5) is 5.82 Å². The first-order valence-corrected chi connectivity index (χ1v) is 4.50. The molecule has 2 heterocycles. The molecule has 0 bridgehead atoms. The standard InChI is InChI=1S/C10H13N2O/c1-13-9-5-7-12(8-9)10-4-2-3-6-11-10/h2,4,6,9H,5,7-8H2,1H3. The summed E-state index contributed by atoms with van der Waals surface area (Å²) in [5, 5.41) is 0. The summed E-state index contributed by atoms with van der Waals surface area (Å²) < 4.78 is 5.29. The van der Waals surface area contributed by atoms with Crippen molar-refractivity contribution in [2.75, 3.05) is 25.1 Å². The number of aromatic nitrogens is 1. The summed E-state index contributed by atoms with van der Waals surface area (Å²) in [6.07, 6.45) is 3.16. The molecule has 3 heteroatoms. The third kappa shape index (κ3) is 1.80. The maximum atomic E-state index is 5.29. The van der Waals surface area contributed by atoms with Crippen LogP contribution in [0.15, 0.2) is 18.3 Å². The average Bonchev–Trinajstić information content (AvgIpc) is 2.67. The van der Waals surface area contributed by atoms with Crippen LogP contribution in [-0.4, -0.2) is 31.3 Å². The number of anilines is 1. The van der Waals surface area contributed by atoms with Gasteiger partial charge in [-0.3, -0.25) is 0 Å². The van der Waals surface area contributed by atoms with Gasteiger partial charge in [0.05, 0.1) is 6.10 Å². The van der Waals surface area contributed by atoms with Crippen LogP contribution in [0, 0.1) is 6.07 Å². The maximum absolute atomic E-state index is 5.29. The highest BCUT2D eigenvalue weighted by molar-refractivity contribution is 5.38. The molecule has 0 spiro atoms. The number of rotatable bonds is 2. The summed E-state index contributed by atoms with van der Waals surface area (Å²) in [6, 6.07) is 6.79. The Balaban J connectivity index is 2.04. The zero-order valence-corrected chi connectivity index (χ0v) is 7.73. The number of pyridine rings is 1. The predicted octanol–water partition coefficient (Wildman–Crippen LogP) is 1.11. The van der Waals surface area contributed by atoms with E-state index < -0.39 is 0 Å². The monoisotopic (exact) mass is 177 g/mol. The van der Waals surface area contributed by atoms with E-state index >= 15 is 0 Å². The van der Waals surface area contributed by atoms with Crippen molar-refractivity contribution in [3.8, 4) is 0 Å². The minimum atomic E-state index is 0.367. The fourth-order valence-corrected chi connectivity index (χ4v) is 1.63. The lowest BCUT2D eigenvalue weighted by Crippen LogP contribution is -2.22. The highest BCUT2D eigenvalue weighted by Crippen LogP contribution is 2.18. The van der Waals surface area contributed by atoms with E-state index in [4.69, 9.17) is 4.74 Å². The minimum Gasteiger partial charge on any atom is -0.380 e. The van der Waals surface area contributed by atoms with E-state index in [1.54, 1.807) is 13.3 Å². The van der Waals surface area contributed by atoms with Gasteiger partial charge in [-0.25, -0.2) is 4.98 Å². The Morgan fingerprint density at radius 2 is 2.62 bits per heavy atom. The van der Waals surface area contributed by atoms with Gasteiger partial charge >= 0.3 is 0 Å². The fraction of sp³-hybridized carbons (Fsp3) is 0.500. The molecule has 1 saturated heterocycles. The van der Waals surface area contributed by atoms with Crippen molar-refractivity contribution in [2.24, 2.45) is 0 Å². The van der Waals surface area contributed by atoms with Crippen LogP contribution < -0.4 is 4.90 Å². The quantitative estimate of drug-likeness (QED) is 0.676. The van der Waals surface area contributed by atoms with Gasteiger partial charge in [-0.05, 0) is 18.6 Å². The molecule has 1 unspecified atom stereocenters. The molecule has 0 aliphatic carbocycles. The Morgan fingerprint density at radius 3 is 3.23 bits per heavy atom. The number of methoxy groups -OCH3 is 1. The molecule has 1 fully saturated rings. The van der Waals surface area contributed by atoms with Gasteiger partial charge in [-0.2, -0.15) is 0 Å². The van der Waals surface area contributed by atoms with Crippen molar-refractivity contribution in [3.63, 3.8) is 0 Å².